The third kappa shape index (κ3) is 3.68. The van der Waals surface area contributed by atoms with Crippen molar-refractivity contribution in [3.05, 3.63) is 102 Å². The van der Waals surface area contributed by atoms with Crippen LogP contribution in [0.2, 0.25) is 0 Å². The summed E-state index contributed by atoms with van der Waals surface area (Å²) in [7, 11) is 1.99. The Morgan fingerprint density at radius 3 is 2.34 bits per heavy atom. The summed E-state index contributed by atoms with van der Waals surface area (Å²) in [5, 5.41) is 3.80. The molecule has 0 N–H and O–H groups in total. The Bertz CT molecular complexity index is 1670. The number of rotatable bonds is 6. The molecule has 6 rings (SSSR count). The van der Waals surface area contributed by atoms with Gasteiger partial charge in [-0.15, -0.1) is 11.3 Å². The zero-order valence-corrected chi connectivity index (χ0v) is 19.8. The van der Waals surface area contributed by atoms with Gasteiger partial charge in [0.15, 0.2) is 6.61 Å². The molecular formula is C29H21N3O2S. The van der Waals surface area contributed by atoms with Crippen LogP contribution >= 0.6 is 11.3 Å². The van der Waals surface area contributed by atoms with E-state index in [0.29, 0.717) is 11.4 Å². The minimum absolute atomic E-state index is 0.0936. The number of ketones is 1. The first-order valence-electron chi connectivity index (χ1n) is 11.3. The van der Waals surface area contributed by atoms with Gasteiger partial charge in [0.25, 0.3) is 0 Å². The number of Topliss-reactive ketones (excluding diaryl/α,β-unsaturated/α-hetero) is 1. The number of benzene rings is 3. The van der Waals surface area contributed by atoms with Crippen molar-refractivity contribution >= 4 is 38.2 Å². The molecule has 0 unspecified atom stereocenters. The number of carbonyl (C=O) groups excluding carboxylic acids is 1. The topological polar surface area (TPSA) is 57.0 Å². The predicted molar refractivity (Wildman–Crippen MR) is 141 cm³/mol. The number of fused-ring (bicyclic) bond motifs is 2. The molecule has 6 aromatic rings. The van der Waals surface area contributed by atoms with Crippen LogP contribution in [0.5, 0.6) is 5.88 Å². The van der Waals surface area contributed by atoms with Crippen molar-refractivity contribution in [3.63, 3.8) is 0 Å². The monoisotopic (exact) mass is 475 g/mol. The Morgan fingerprint density at radius 2 is 1.57 bits per heavy atom. The van der Waals surface area contributed by atoms with Crippen molar-refractivity contribution < 1.29 is 9.53 Å². The fourth-order valence-corrected chi connectivity index (χ4v) is 5.51. The lowest BCUT2D eigenvalue weighted by atomic mass is 10.0. The molecule has 5 nitrogen and oxygen atoms in total. The lowest BCUT2D eigenvalue weighted by Crippen LogP contribution is -2.13. The van der Waals surface area contributed by atoms with E-state index in [1.165, 1.54) is 17.7 Å². The average Bonchev–Trinajstić information content (AvgIpc) is 3.48. The first kappa shape index (κ1) is 21.3. The predicted octanol–water partition coefficient (Wildman–Crippen LogP) is 6.78. The number of aromatic nitrogens is 3. The zero-order valence-electron chi connectivity index (χ0n) is 19.0. The van der Waals surface area contributed by atoms with Crippen LogP contribution in [0.25, 0.3) is 43.5 Å². The second kappa shape index (κ2) is 8.81. The first-order valence-corrected chi connectivity index (χ1v) is 12.2. The van der Waals surface area contributed by atoms with E-state index in [2.05, 4.69) is 19.9 Å². The van der Waals surface area contributed by atoms with Crippen LogP contribution in [0.15, 0.2) is 96.6 Å². The Labute approximate surface area is 206 Å². The van der Waals surface area contributed by atoms with Crippen LogP contribution in [0.4, 0.5) is 0 Å². The molecule has 0 fully saturated rings. The molecule has 0 amide bonds. The molecule has 0 aliphatic carbocycles. The number of thiophene rings is 1. The fourth-order valence-electron chi connectivity index (χ4n) is 4.60. The van der Waals surface area contributed by atoms with Crippen molar-refractivity contribution in [2.24, 2.45) is 7.05 Å². The Hall–Kier alpha value is -4.29. The maximum atomic E-state index is 13.7. The van der Waals surface area contributed by atoms with E-state index in [1.807, 2.05) is 92.0 Å². The van der Waals surface area contributed by atoms with Crippen LogP contribution in [-0.2, 0) is 7.05 Å². The van der Waals surface area contributed by atoms with Crippen molar-refractivity contribution in [2.45, 2.75) is 0 Å². The Kier molecular flexibility index (Phi) is 5.35. The van der Waals surface area contributed by atoms with Crippen LogP contribution in [0.1, 0.15) is 10.4 Å². The van der Waals surface area contributed by atoms with Gasteiger partial charge < -0.3 is 9.30 Å². The van der Waals surface area contributed by atoms with Crippen molar-refractivity contribution in [1.29, 1.82) is 0 Å². The summed E-state index contributed by atoms with van der Waals surface area (Å²) in [6.45, 7) is -0.121. The normalized spacial score (nSPS) is 11.2. The first-order chi connectivity index (χ1) is 17.2. The van der Waals surface area contributed by atoms with Crippen molar-refractivity contribution in [1.82, 2.24) is 14.5 Å². The van der Waals surface area contributed by atoms with Gasteiger partial charge in [-0.2, -0.15) is 0 Å². The number of carbonyl (C=O) groups is 1. The Balaban J connectivity index is 1.40. The second-order valence-corrected chi connectivity index (χ2v) is 9.11. The molecule has 6 heteroatoms. The molecular weight excluding hydrogens is 454 g/mol. The van der Waals surface area contributed by atoms with Crippen molar-refractivity contribution in [3.8, 4) is 28.3 Å². The maximum absolute atomic E-state index is 13.7. The second-order valence-electron chi connectivity index (χ2n) is 8.25. The molecule has 0 spiro atoms. The summed E-state index contributed by atoms with van der Waals surface area (Å²) in [5.41, 5.74) is 5.60. The summed E-state index contributed by atoms with van der Waals surface area (Å²) >= 11 is 1.54. The summed E-state index contributed by atoms with van der Waals surface area (Å²) in [4.78, 5) is 23.3. The minimum Gasteiger partial charge on any atom is -0.469 e. The molecule has 0 saturated carbocycles. The molecule has 0 aliphatic heterocycles. The van der Waals surface area contributed by atoms with Crippen LogP contribution < -0.4 is 4.74 Å². The molecule has 35 heavy (non-hydrogen) atoms. The smallest absolute Gasteiger partial charge is 0.226 e. The van der Waals surface area contributed by atoms with Gasteiger partial charge >= 0.3 is 0 Å². The van der Waals surface area contributed by atoms with Gasteiger partial charge in [-0.3, -0.25) is 4.79 Å². The van der Waals surface area contributed by atoms with Crippen LogP contribution in [0, 0.1) is 0 Å². The van der Waals surface area contributed by atoms with E-state index in [-0.39, 0.29) is 12.4 Å². The van der Waals surface area contributed by atoms with Gasteiger partial charge in [-0.05, 0) is 17.2 Å². The van der Waals surface area contributed by atoms with E-state index in [9.17, 15) is 4.79 Å². The summed E-state index contributed by atoms with van der Waals surface area (Å²) in [5.74, 6) is 0.328. The third-order valence-electron chi connectivity index (χ3n) is 6.19. The standard InChI is InChI=1S/C29H21N3O2S/c1-32-23-15-9-8-14-21(23)25(27(32)20-12-6-3-7-13-20)24(33)16-34-28-26-22(19-10-4-2-5-11-19)17-35-29(26)31-18-30-28/h2-15,17-18H,16H2,1H3. The van der Waals surface area contributed by atoms with Gasteiger partial charge in [-0.1, -0.05) is 78.9 Å². The highest BCUT2D eigenvalue weighted by atomic mass is 32.1. The highest BCUT2D eigenvalue weighted by Crippen LogP contribution is 2.38. The van der Waals surface area contributed by atoms with E-state index < -0.39 is 0 Å². The molecule has 0 radical (unpaired) electrons. The molecule has 0 bridgehead atoms. The van der Waals surface area contributed by atoms with Gasteiger partial charge in [0, 0.05) is 28.9 Å². The molecule has 3 aromatic heterocycles. The van der Waals surface area contributed by atoms with E-state index >= 15 is 0 Å². The van der Waals surface area contributed by atoms with Gasteiger partial charge in [-0.25, -0.2) is 9.97 Å². The fraction of sp³-hybridized carbons (Fsp3) is 0.0690. The number of hydrogen-bond acceptors (Lipinski definition) is 5. The summed E-state index contributed by atoms with van der Waals surface area (Å²) < 4.78 is 8.18. The summed E-state index contributed by atoms with van der Waals surface area (Å²) in [6.07, 6.45) is 1.49. The van der Waals surface area contributed by atoms with Gasteiger partial charge in [0.1, 0.15) is 11.2 Å². The van der Waals surface area contributed by atoms with E-state index in [1.54, 1.807) is 0 Å². The lowest BCUT2D eigenvalue weighted by molar-refractivity contribution is 0.0921. The van der Waals surface area contributed by atoms with Crippen LogP contribution in [-0.4, -0.2) is 26.9 Å². The van der Waals surface area contributed by atoms with Gasteiger partial charge in [0.05, 0.1) is 16.6 Å². The molecule has 0 aliphatic rings. The van der Waals surface area contributed by atoms with Crippen molar-refractivity contribution in [2.75, 3.05) is 6.61 Å². The van der Waals surface area contributed by atoms with E-state index in [4.69, 9.17) is 4.74 Å². The maximum Gasteiger partial charge on any atom is 0.226 e. The largest absolute Gasteiger partial charge is 0.469 e. The SMILES string of the molecule is Cn1c(-c2ccccc2)c(C(=O)COc2ncnc3scc(-c4ccccc4)c23)c2ccccc21. The molecule has 3 heterocycles. The number of ether oxygens (including phenoxy) is 1. The summed E-state index contributed by atoms with van der Waals surface area (Å²) in [6, 6.07) is 28.0. The van der Waals surface area contributed by atoms with Crippen LogP contribution in [0.3, 0.4) is 0 Å². The zero-order chi connectivity index (χ0) is 23.8. The quantitative estimate of drug-likeness (QED) is 0.249. The number of nitrogens with zero attached hydrogens (tertiary/aromatic N) is 3. The lowest BCUT2D eigenvalue weighted by Gasteiger charge is -2.10. The Morgan fingerprint density at radius 1 is 0.886 bits per heavy atom. The molecule has 0 atom stereocenters. The number of para-hydroxylation sites is 1. The highest BCUT2D eigenvalue weighted by Gasteiger charge is 2.23. The van der Waals surface area contributed by atoms with Gasteiger partial charge in [0.2, 0.25) is 11.7 Å². The molecule has 170 valence electrons. The molecule has 3 aromatic carbocycles. The number of aryl methyl sites for hydroxylation is 1. The third-order valence-corrected chi connectivity index (χ3v) is 7.08. The highest BCUT2D eigenvalue weighted by molar-refractivity contribution is 7.17. The minimum atomic E-state index is -0.121. The number of hydrogen-bond donors (Lipinski definition) is 0. The van der Waals surface area contributed by atoms with E-state index in [0.717, 1.165) is 43.5 Å². The average molecular weight is 476 g/mol. The molecule has 0 saturated heterocycles.